The highest BCUT2D eigenvalue weighted by Gasteiger charge is 2.09. The fourth-order valence-electron chi connectivity index (χ4n) is 2.31. The van der Waals surface area contributed by atoms with Crippen molar-refractivity contribution in [3.05, 3.63) is 58.4 Å². The number of aromatic nitrogens is 2. The van der Waals surface area contributed by atoms with E-state index in [1.165, 1.54) is 11.0 Å². The van der Waals surface area contributed by atoms with Crippen molar-refractivity contribution in [1.29, 1.82) is 0 Å². The number of carbonyl (C=O) groups is 1. The second-order valence-electron chi connectivity index (χ2n) is 5.12. The van der Waals surface area contributed by atoms with Crippen LogP contribution in [0.3, 0.4) is 0 Å². The average Bonchev–Trinajstić information content (AvgIpc) is 3.00. The van der Waals surface area contributed by atoms with Gasteiger partial charge < -0.3 is 5.32 Å². The summed E-state index contributed by atoms with van der Waals surface area (Å²) in [5.74, 6) is 2.34. The number of nitrogens with one attached hydrogen (secondary N) is 1. The molecule has 0 bridgehead atoms. The van der Waals surface area contributed by atoms with Gasteiger partial charge in [0.1, 0.15) is 0 Å². The predicted octanol–water partition coefficient (Wildman–Crippen LogP) is 3.65. The summed E-state index contributed by atoms with van der Waals surface area (Å²) in [6.45, 7) is 3.97. The molecule has 1 N–H and O–H groups in total. The van der Waals surface area contributed by atoms with E-state index >= 15 is 0 Å². The third-order valence-corrected chi connectivity index (χ3v) is 4.25. The van der Waals surface area contributed by atoms with Gasteiger partial charge in [-0.15, -0.1) is 17.8 Å². The maximum Gasteiger partial charge on any atom is 0.248 e. The van der Waals surface area contributed by atoms with E-state index in [0.29, 0.717) is 5.69 Å². The van der Waals surface area contributed by atoms with E-state index < -0.39 is 0 Å². The lowest BCUT2D eigenvalue weighted by Gasteiger charge is -2.02. The monoisotopic (exact) mass is 321 g/mol. The number of terminal acetylenes is 1. The molecule has 0 aliphatic rings. The molecule has 0 spiro atoms. The van der Waals surface area contributed by atoms with Crippen LogP contribution in [0.25, 0.3) is 11.0 Å². The van der Waals surface area contributed by atoms with Crippen LogP contribution in [0.5, 0.6) is 0 Å². The largest absolute Gasteiger partial charge is 0.322 e. The molecule has 2 aromatic heterocycles. The fraction of sp³-hybridized carbons (Fsp3) is 0.111. The lowest BCUT2D eigenvalue weighted by molar-refractivity contribution is -0.111. The standard InChI is InChI=1S/C18H15N3OS/c1-4-14-6-5-7-15(10-14)20-17(22)9-8-16-13(3)19-18-21(16)11-12(2)23-18/h1,5-11H,2-3H3,(H,20,22)/b9-8+. The Balaban J connectivity index is 1.79. The van der Waals surface area contributed by atoms with Crippen molar-refractivity contribution in [2.75, 3.05) is 5.32 Å². The van der Waals surface area contributed by atoms with Crippen LogP contribution in [0.2, 0.25) is 0 Å². The molecule has 3 rings (SSSR count). The van der Waals surface area contributed by atoms with Crippen LogP contribution in [0.4, 0.5) is 5.69 Å². The first-order chi connectivity index (χ1) is 11.1. The summed E-state index contributed by atoms with van der Waals surface area (Å²) in [4.78, 5) is 18.7. The summed E-state index contributed by atoms with van der Waals surface area (Å²) >= 11 is 1.63. The predicted molar refractivity (Wildman–Crippen MR) is 94.6 cm³/mol. The molecule has 5 heteroatoms. The summed E-state index contributed by atoms with van der Waals surface area (Å²) in [5, 5.41) is 2.80. The van der Waals surface area contributed by atoms with Gasteiger partial charge in [0.25, 0.3) is 0 Å². The van der Waals surface area contributed by atoms with Gasteiger partial charge in [-0.1, -0.05) is 12.0 Å². The molecule has 3 aromatic rings. The van der Waals surface area contributed by atoms with Crippen LogP contribution in [0, 0.1) is 26.2 Å². The molecule has 23 heavy (non-hydrogen) atoms. The van der Waals surface area contributed by atoms with Crippen molar-refractivity contribution < 1.29 is 4.79 Å². The van der Waals surface area contributed by atoms with Crippen LogP contribution in [0.15, 0.2) is 36.5 Å². The highest BCUT2D eigenvalue weighted by molar-refractivity contribution is 7.17. The van der Waals surface area contributed by atoms with Gasteiger partial charge in [0.2, 0.25) is 5.91 Å². The van der Waals surface area contributed by atoms with Crippen molar-refractivity contribution in [3.63, 3.8) is 0 Å². The molecule has 1 aromatic carbocycles. The smallest absolute Gasteiger partial charge is 0.248 e. The summed E-state index contributed by atoms with van der Waals surface area (Å²) in [6.07, 6.45) is 10.7. The number of thiazole rings is 1. The Hall–Kier alpha value is -2.84. The van der Waals surface area contributed by atoms with E-state index in [-0.39, 0.29) is 5.91 Å². The number of fused-ring (bicyclic) bond motifs is 1. The second kappa shape index (κ2) is 6.11. The van der Waals surface area contributed by atoms with Crippen molar-refractivity contribution in [1.82, 2.24) is 9.38 Å². The summed E-state index contributed by atoms with van der Waals surface area (Å²) in [5.41, 5.74) is 3.22. The first-order valence-corrected chi connectivity index (χ1v) is 7.89. The average molecular weight is 321 g/mol. The highest BCUT2D eigenvalue weighted by atomic mass is 32.1. The lowest BCUT2D eigenvalue weighted by Crippen LogP contribution is -2.07. The molecule has 4 nitrogen and oxygen atoms in total. The Morgan fingerprint density at radius 2 is 2.26 bits per heavy atom. The van der Waals surface area contributed by atoms with Gasteiger partial charge in [-0.3, -0.25) is 9.20 Å². The van der Waals surface area contributed by atoms with Crippen molar-refractivity contribution >= 4 is 34.0 Å². The molecule has 0 aliphatic carbocycles. The van der Waals surface area contributed by atoms with Crippen LogP contribution >= 0.6 is 11.3 Å². The van der Waals surface area contributed by atoms with Crippen molar-refractivity contribution in [2.45, 2.75) is 13.8 Å². The van der Waals surface area contributed by atoms with Crippen LogP contribution in [-0.4, -0.2) is 15.3 Å². The van der Waals surface area contributed by atoms with Gasteiger partial charge in [-0.2, -0.15) is 0 Å². The molecule has 0 saturated carbocycles. The summed E-state index contributed by atoms with van der Waals surface area (Å²) in [6, 6.07) is 7.19. The Morgan fingerprint density at radius 3 is 3.04 bits per heavy atom. The number of rotatable bonds is 3. The Kier molecular flexibility index (Phi) is 4.00. The van der Waals surface area contributed by atoms with E-state index in [0.717, 1.165) is 21.9 Å². The SMILES string of the molecule is C#Cc1cccc(NC(=O)/C=C/c2c(C)nc3sc(C)cn23)c1. The molecule has 2 heterocycles. The molecule has 0 atom stereocenters. The van der Waals surface area contributed by atoms with E-state index in [1.54, 1.807) is 29.5 Å². The zero-order valence-corrected chi connectivity index (χ0v) is 13.6. The number of nitrogens with zero attached hydrogens (tertiary/aromatic N) is 2. The Labute approximate surface area is 138 Å². The highest BCUT2D eigenvalue weighted by Crippen LogP contribution is 2.21. The van der Waals surface area contributed by atoms with Gasteiger partial charge in [0.15, 0.2) is 4.96 Å². The molecule has 0 fully saturated rings. The van der Waals surface area contributed by atoms with Gasteiger partial charge in [-0.25, -0.2) is 4.98 Å². The number of carbonyl (C=O) groups excluding carboxylic acids is 1. The molecule has 0 saturated heterocycles. The maximum absolute atomic E-state index is 12.1. The van der Waals surface area contributed by atoms with E-state index in [1.807, 2.05) is 36.6 Å². The fourth-order valence-corrected chi connectivity index (χ4v) is 3.19. The van der Waals surface area contributed by atoms with Crippen LogP contribution < -0.4 is 5.32 Å². The molecule has 0 radical (unpaired) electrons. The molecule has 114 valence electrons. The maximum atomic E-state index is 12.1. The van der Waals surface area contributed by atoms with Crippen molar-refractivity contribution in [2.24, 2.45) is 0 Å². The lowest BCUT2D eigenvalue weighted by atomic mass is 10.2. The van der Waals surface area contributed by atoms with E-state index in [9.17, 15) is 4.79 Å². The van der Waals surface area contributed by atoms with Gasteiger partial charge in [-0.05, 0) is 38.1 Å². The molecular weight excluding hydrogens is 306 g/mol. The number of aryl methyl sites for hydroxylation is 2. The number of anilines is 1. The third-order valence-electron chi connectivity index (χ3n) is 3.35. The van der Waals surface area contributed by atoms with E-state index in [2.05, 4.69) is 16.2 Å². The minimum atomic E-state index is -0.208. The zero-order chi connectivity index (χ0) is 16.4. The number of hydrogen-bond acceptors (Lipinski definition) is 3. The van der Waals surface area contributed by atoms with Crippen LogP contribution in [-0.2, 0) is 4.79 Å². The van der Waals surface area contributed by atoms with Crippen LogP contribution in [0.1, 0.15) is 21.8 Å². The first kappa shape index (κ1) is 15.1. The normalized spacial score (nSPS) is 11.0. The quantitative estimate of drug-likeness (QED) is 0.591. The first-order valence-electron chi connectivity index (χ1n) is 7.07. The zero-order valence-electron chi connectivity index (χ0n) is 12.8. The molecule has 1 amide bonds. The van der Waals surface area contributed by atoms with Gasteiger partial charge in [0.05, 0.1) is 11.4 Å². The molecule has 0 unspecified atom stereocenters. The number of amides is 1. The molecular formula is C18H15N3OS. The number of benzene rings is 1. The summed E-state index contributed by atoms with van der Waals surface area (Å²) in [7, 11) is 0. The minimum absolute atomic E-state index is 0.208. The molecule has 0 aliphatic heterocycles. The van der Waals surface area contributed by atoms with E-state index in [4.69, 9.17) is 6.42 Å². The minimum Gasteiger partial charge on any atom is -0.322 e. The third kappa shape index (κ3) is 3.17. The topological polar surface area (TPSA) is 46.4 Å². The van der Waals surface area contributed by atoms with Crippen molar-refractivity contribution in [3.8, 4) is 12.3 Å². The Morgan fingerprint density at radius 1 is 1.43 bits per heavy atom. The second-order valence-corrected chi connectivity index (χ2v) is 6.34. The van der Waals surface area contributed by atoms with Gasteiger partial charge in [0, 0.05) is 28.4 Å². The van der Waals surface area contributed by atoms with Gasteiger partial charge >= 0.3 is 0 Å². The summed E-state index contributed by atoms with van der Waals surface area (Å²) < 4.78 is 2.00. The number of imidazole rings is 1. The number of hydrogen-bond donors (Lipinski definition) is 1. The Bertz CT molecular complexity index is 956.